The maximum absolute atomic E-state index is 5.73. The Morgan fingerprint density at radius 2 is 1.82 bits per heavy atom. The molecule has 2 nitrogen and oxygen atoms in total. The molecule has 0 aromatic heterocycles. The minimum absolute atomic E-state index is 0.825. The lowest BCUT2D eigenvalue weighted by Gasteiger charge is -2.37. The van der Waals surface area contributed by atoms with Crippen LogP contribution in [0.3, 0.4) is 0 Å². The highest BCUT2D eigenvalue weighted by molar-refractivity contribution is 5.39. The van der Waals surface area contributed by atoms with Gasteiger partial charge >= 0.3 is 0 Å². The van der Waals surface area contributed by atoms with Gasteiger partial charge in [-0.3, -0.25) is 0 Å². The summed E-state index contributed by atoms with van der Waals surface area (Å²) in [5.74, 6) is 0.849. The molecule has 0 saturated carbocycles. The zero-order chi connectivity index (χ0) is 11.8. The highest BCUT2D eigenvalue weighted by atomic mass is 15.2. The monoisotopic (exact) mass is 230 g/mol. The predicted molar refractivity (Wildman–Crippen MR) is 71.9 cm³/mol. The first-order valence-corrected chi connectivity index (χ1v) is 6.80. The number of nitrogens with zero attached hydrogens (tertiary/aromatic N) is 1. The molecule has 2 aliphatic rings. The van der Waals surface area contributed by atoms with E-state index in [2.05, 4.69) is 24.1 Å². The molecule has 17 heavy (non-hydrogen) atoms. The number of nitrogens with two attached hydrogens (primary N) is 1. The van der Waals surface area contributed by atoms with Crippen LogP contribution in [0.5, 0.6) is 0 Å². The molecule has 0 amide bonds. The van der Waals surface area contributed by atoms with Gasteiger partial charge in [-0.1, -0.05) is 12.1 Å². The first-order valence-electron chi connectivity index (χ1n) is 6.80. The quantitative estimate of drug-likeness (QED) is 0.791. The summed E-state index contributed by atoms with van der Waals surface area (Å²) < 4.78 is 0. The van der Waals surface area contributed by atoms with Crippen molar-refractivity contribution >= 4 is 5.69 Å². The molecule has 3 rings (SSSR count). The van der Waals surface area contributed by atoms with Crippen LogP contribution in [0.4, 0.5) is 5.69 Å². The first kappa shape index (κ1) is 11.1. The Morgan fingerprint density at radius 3 is 2.59 bits per heavy atom. The lowest BCUT2D eigenvalue weighted by Crippen LogP contribution is -2.42. The second kappa shape index (κ2) is 4.34. The number of hydrogen-bond donors (Lipinski definition) is 1. The van der Waals surface area contributed by atoms with Gasteiger partial charge in [0.2, 0.25) is 0 Å². The van der Waals surface area contributed by atoms with Crippen LogP contribution < -0.4 is 5.73 Å². The van der Waals surface area contributed by atoms with Crippen LogP contribution >= 0.6 is 0 Å². The lowest BCUT2D eigenvalue weighted by atomic mass is 9.85. The molecule has 1 aromatic rings. The predicted octanol–water partition coefficient (Wildman–Crippen LogP) is 2.68. The Kier molecular flexibility index (Phi) is 2.83. The number of fused-ring (bicyclic) bond motifs is 2. The molecule has 2 heteroatoms. The second-order valence-electron chi connectivity index (χ2n) is 5.75. The van der Waals surface area contributed by atoms with E-state index in [-0.39, 0.29) is 0 Å². The van der Waals surface area contributed by atoms with E-state index in [0.717, 1.165) is 23.7 Å². The van der Waals surface area contributed by atoms with E-state index < -0.39 is 0 Å². The Bertz CT molecular complexity index is 384. The third-order valence-corrected chi connectivity index (χ3v) is 4.79. The standard InChI is InChI=1S/C15H22N2/c1-17-14-7-4-12(15(17)9-8-14)10-11-2-5-13(16)6-3-11/h2-3,5-6,12,14-15H,4,7-10,16H2,1H3. The molecule has 92 valence electrons. The van der Waals surface area contributed by atoms with Crippen LogP contribution in [0.15, 0.2) is 24.3 Å². The molecule has 0 spiro atoms. The van der Waals surface area contributed by atoms with Crippen LogP contribution in [0, 0.1) is 5.92 Å². The van der Waals surface area contributed by atoms with Gasteiger partial charge in [0.05, 0.1) is 0 Å². The third kappa shape index (κ3) is 2.06. The maximum atomic E-state index is 5.73. The van der Waals surface area contributed by atoms with Crippen molar-refractivity contribution in [2.24, 2.45) is 5.92 Å². The molecular formula is C15H22N2. The van der Waals surface area contributed by atoms with Crippen molar-refractivity contribution < 1.29 is 0 Å². The van der Waals surface area contributed by atoms with Crippen molar-refractivity contribution in [3.8, 4) is 0 Å². The summed E-state index contributed by atoms with van der Waals surface area (Å²) >= 11 is 0. The van der Waals surface area contributed by atoms with Crippen LogP contribution in [0.2, 0.25) is 0 Å². The summed E-state index contributed by atoms with van der Waals surface area (Å²) in [4.78, 5) is 2.63. The minimum atomic E-state index is 0.825. The van der Waals surface area contributed by atoms with Crippen molar-refractivity contribution in [2.75, 3.05) is 12.8 Å². The van der Waals surface area contributed by atoms with E-state index in [1.165, 1.54) is 37.7 Å². The van der Waals surface area contributed by atoms with Crippen LogP contribution in [0.1, 0.15) is 31.2 Å². The smallest absolute Gasteiger partial charge is 0.0314 e. The molecule has 2 saturated heterocycles. The second-order valence-corrected chi connectivity index (χ2v) is 5.75. The van der Waals surface area contributed by atoms with E-state index >= 15 is 0 Å². The summed E-state index contributed by atoms with van der Waals surface area (Å²) in [6, 6.07) is 10.1. The number of rotatable bonds is 2. The lowest BCUT2D eigenvalue weighted by molar-refractivity contribution is 0.120. The zero-order valence-corrected chi connectivity index (χ0v) is 10.6. The summed E-state index contributed by atoms with van der Waals surface area (Å²) in [6.45, 7) is 0. The van der Waals surface area contributed by atoms with Gasteiger partial charge in [-0.2, -0.15) is 0 Å². The van der Waals surface area contributed by atoms with E-state index in [4.69, 9.17) is 5.73 Å². The number of anilines is 1. The normalized spacial score (nSPS) is 32.9. The summed E-state index contributed by atoms with van der Waals surface area (Å²) in [7, 11) is 2.32. The average molecular weight is 230 g/mol. The van der Waals surface area contributed by atoms with Gasteiger partial charge in [-0.15, -0.1) is 0 Å². The molecule has 0 aliphatic carbocycles. The molecule has 0 radical (unpaired) electrons. The summed E-state index contributed by atoms with van der Waals surface area (Å²) in [6.07, 6.45) is 6.85. The molecule has 2 N–H and O–H groups in total. The average Bonchev–Trinajstić information content (AvgIpc) is 2.57. The number of hydrogen-bond acceptors (Lipinski definition) is 2. The number of nitrogen functional groups attached to an aromatic ring is 1. The highest BCUT2D eigenvalue weighted by Gasteiger charge is 2.39. The van der Waals surface area contributed by atoms with E-state index in [1.807, 2.05) is 12.1 Å². The van der Waals surface area contributed by atoms with Crippen molar-refractivity contribution in [3.63, 3.8) is 0 Å². The van der Waals surface area contributed by atoms with Crippen LogP contribution in [-0.2, 0) is 6.42 Å². The first-order chi connectivity index (χ1) is 8.24. The van der Waals surface area contributed by atoms with Gasteiger partial charge in [0, 0.05) is 17.8 Å². The fourth-order valence-corrected chi connectivity index (χ4v) is 3.75. The SMILES string of the molecule is CN1C2CCC(Cc3ccc(N)cc3)C1CC2. The fourth-order valence-electron chi connectivity index (χ4n) is 3.75. The molecule has 2 aliphatic heterocycles. The largest absolute Gasteiger partial charge is 0.399 e. The van der Waals surface area contributed by atoms with Crippen molar-refractivity contribution in [3.05, 3.63) is 29.8 Å². The third-order valence-electron chi connectivity index (χ3n) is 4.79. The van der Waals surface area contributed by atoms with Gasteiger partial charge in [-0.05, 0) is 62.8 Å². The maximum Gasteiger partial charge on any atom is 0.0314 e. The van der Waals surface area contributed by atoms with Crippen molar-refractivity contribution in [2.45, 2.75) is 44.2 Å². The Morgan fingerprint density at radius 1 is 1.12 bits per heavy atom. The molecule has 2 fully saturated rings. The number of benzene rings is 1. The van der Waals surface area contributed by atoms with Crippen molar-refractivity contribution in [1.29, 1.82) is 0 Å². The van der Waals surface area contributed by atoms with Gasteiger partial charge in [0.25, 0.3) is 0 Å². The molecule has 1 aromatic carbocycles. The molecule has 2 bridgehead atoms. The summed E-state index contributed by atoms with van der Waals surface area (Å²) in [5.41, 5.74) is 8.05. The summed E-state index contributed by atoms with van der Waals surface area (Å²) in [5, 5.41) is 0. The Balaban J connectivity index is 1.71. The molecular weight excluding hydrogens is 208 g/mol. The minimum Gasteiger partial charge on any atom is -0.399 e. The number of piperidine rings is 1. The van der Waals surface area contributed by atoms with Crippen LogP contribution in [-0.4, -0.2) is 24.0 Å². The Labute approximate surface area is 104 Å². The zero-order valence-electron chi connectivity index (χ0n) is 10.6. The van der Waals surface area contributed by atoms with Crippen LogP contribution in [0.25, 0.3) is 0 Å². The van der Waals surface area contributed by atoms with Gasteiger partial charge in [0.15, 0.2) is 0 Å². The van der Waals surface area contributed by atoms with Gasteiger partial charge in [0.1, 0.15) is 0 Å². The fraction of sp³-hybridized carbons (Fsp3) is 0.600. The topological polar surface area (TPSA) is 29.3 Å². The molecule has 3 atom stereocenters. The Hall–Kier alpha value is -1.02. The van der Waals surface area contributed by atoms with E-state index in [0.29, 0.717) is 0 Å². The van der Waals surface area contributed by atoms with E-state index in [9.17, 15) is 0 Å². The molecule has 3 unspecified atom stereocenters. The van der Waals surface area contributed by atoms with E-state index in [1.54, 1.807) is 0 Å². The van der Waals surface area contributed by atoms with Crippen molar-refractivity contribution in [1.82, 2.24) is 4.90 Å². The van der Waals surface area contributed by atoms with Gasteiger partial charge in [-0.25, -0.2) is 0 Å². The molecule has 2 heterocycles. The highest BCUT2D eigenvalue weighted by Crippen LogP contribution is 2.39. The van der Waals surface area contributed by atoms with Gasteiger partial charge < -0.3 is 10.6 Å².